The van der Waals surface area contributed by atoms with E-state index >= 15 is 0 Å². The summed E-state index contributed by atoms with van der Waals surface area (Å²) in [5, 5.41) is 56.8. The summed E-state index contributed by atoms with van der Waals surface area (Å²) in [6.07, 6.45) is -5.92. The van der Waals surface area contributed by atoms with Crippen molar-refractivity contribution in [3.05, 3.63) is 0 Å². The molecule has 6 heteroatoms. The lowest BCUT2D eigenvalue weighted by Gasteiger charge is -2.30. The maximum absolute atomic E-state index is 9.68. The van der Waals surface area contributed by atoms with Gasteiger partial charge >= 0.3 is 0 Å². The van der Waals surface area contributed by atoms with Gasteiger partial charge in [0.25, 0.3) is 0 Å². The van der Waals surface area contributed by atoms with E-state index in [0.717, 1.165) is 0 Å². The minimum absolute atomic E-state index is 0.258. The van der Waals surface area contributed by atoms with E-state index in [2.05, 4.69) is 0 Å². The van der Waals surface area contributed by atoms with Crippen molar-refractivity contribution < 1.29 is 30.6 Å². The maximum atomic E-state index is 9.68. The molecule has 96 valence electrons. The van der Waals surface area contributed by atoms with Gasteiger partial charge in [-0.15, -0.1) is 0 Å². The average molecular weight is 236 g/mol. The highest BCUT2D eigenvalue weighted by atomic mass is 16.4. The second-order valence-corrected chi connectivity index (χ2v) is 4.40. The fraction of sp³-hybridized carbons (Fsp3) is 1.00. The third kappa shape index (κ3) is 2.91. The van der Waals surface area contributed by atoms with E-state index in [1.54, 1.807) is 0 Å². The van der Waals surface area contributed by atoms with Crippen molar-refractivity contribution in [1.29, 1.82) is 0 Å². The Bertz CT molecular complexity index is 207. The Kier molecular flexibility index (Phi) is 5.10. The Labute approximate surface area is 93.8 Å². The highest BCUT2D eigenvalue weighted by Gasteiger charge is 2.38. The molecule has 6 N–H and O–H groups in total. The van der Waals surface area contributed by atoms with Crippen LogP contribution in [0.5, 0.6) is 0 Å². The number of rotatable bonds is 1. The Hall–Kier alpha value is -0.240. The van der Waals surface area contributed by atoms with E-state index in [9.17, 15) is 25.5 Å². The lowest BCUT2D eigenvalue weighted by molar-refractivity contribution is -0.142. The first-order valence-electron chi connectivity index (χ1n) is 5.50. The average Bonchev–Trinajstić information content (AvgIpc) is 2.32. The summed E-state index contributed by atoms with van der Waals surface area (Å²) in [5.41, 5.74) is 0. The third-order valence-corrected chi connectivity index (χ3v) is 3.24. The van der Waals surface area contributed by atoms with Gasteiger partial charge in [0.05, 0.1) is 12.2 Å². The van der Waals surface area contributed by atoms with Crippen LogP contribution >= 0.6 is 0 Å². The predicted octanol–water partition coefficient (Wildman–Crippen LogP) is -2.42. The SMILES string of the molecule is OC[C@H]1CCC[C@@H](O)[C@@H](O)[C@@H](O)[C@@H](O)[C@H]1O. The fourth-order valence-corrected chi connectivity index (χ4v) is 2.04. The Morgan fingerprint density at radius 1 is 0.750 bits per heavy atom. The van der Waals surface area contributed by atoms with Crippen LogP contribution in [0.4, 0.5) is 0 Å². The molecule has 0 bridgehead atoms. The van der Waals surface area contributed by atoms with Gasteiger partial charge in [-0.05, 0) is 12.8 Å². The molecule has 1 rings (SSSR count). The summed E-state index contributed by atoms with van der Waals surface area (Å²) >= 11 is 0. The van der Waals surface area contributed by atoms with Gasteiger partial charge in [-0.25, -0.2) is 0 Å². The molecular weight excluding hydrogens is 216 g/mol. The van der Waals surface area contributed by atoms with Crippen molar-refractivity contribution in [3.63, 3.8) is 0 Å². The molecule has 1 aliphatic carbocycles. The van der Waals surface area contributed by atoms with Crippen molar-refractivity contribution >= 4 is 0 Å². The molecule has 0 radical (unpaired) electrons. The van der Waals surface area contributed by atoms with Crippen LogP contribution in [0.3, 0.4) is 0 Å². The number of aliphatic hydroxyl groups excluding tert-OH is 6. The molecule has 0 aromatic heterocycles. The molecule has 6 nitrogen and oxygen atoms in total. The van der Waals surface area contributed by atoms with Crippen molar-refractivity contribution in [2.24, 2.45) is 5.92 Å². The summed E-state index contributed by atoms with van der Waals surface area (Å²) in [6.45, 7) is -0.308. The molecule has 0 aliphatic heterocycles. The largest absolute Gasteiger partial charge is 0.396 e. The normalized spacial score (nSPS) is 46.9. The number of hydrogen-bond acceptors (Lipinski definition) is 6. The van der Waals surface area contributed by atoms with Crippen LogP contribution < -0.4 is 0 Å². The standard InChI is InChI=1S/C10H20O6/c11-4-5-2-1-3-6(12)8(14)10(16)9(15)7(5)13/h5-16H,1-4H2/t5-,6-,7+,8-,9+,10-/m1/s1. The first-order valence-corrected chi connectivity index (χ1v) is 5.50. The van der Waals surface area contributed by atoms with Crippen molar-refractivity contribution in [2.45, 2.75) is 49.8 Å². The molecule has 1 aliphatic rings. The quantitative estimate of drug-likeness (QED) is 0.301. The first kappa shape index (κ1) is 13.8. The van der Waals surface area contributed by atoms with Gasteiger partial charge in [0, 0.05) is 12.5 Å². The fourth-order valence-electron chi connectivity index (χ4n) is 2.04. The molecule has 0 heterocycles. The summed E-state index contributed by atoms with van der Waals surface area (Å²) in [7, 11) is 0. The molecule has 6 atom stereocenters. The Balaban J connectivity index is 2.80. The molecule has 0 unspecified atom stereocenters. The summed E-state index contributed by atoms with van der Waals surface area (Å²) in [4.78, 5) is 0. The second kappa shape index (κ2) is 5.90. The van der Waals surface area contributed by atoms with Gasteiger partial charge in [0.1, 0.15) is 18.3 Å². The van der Waals surface area contributed by atoms with E-state index in [1.807, 2.05) is 0 Å². The molecular formula is C10H20O6. The van der Waals surface area contributed by atoms with Gasteiger partial charge in [-0.3, -0.25) is 0 Å². The Morgan fingerprint density at radius 2 is 1.31 bits per heavy atom. The first-order chi connectivity index (χ1) is 7.49. The highest BCUT2D eigenvalue weighted by Crippen LogP contribution is 2.23. The topological polar surface area (TPSA) is 121 Å². The molecule has 0 saturated heterocycles. The zero-order valence-electron chi connectivity index (χ0n) is 8.98. The van der Waals surface area contributed by atoms with Crippen LogP contribution in [0.1, 0.15) is 19.3 Å². The predicted molar refractivity (Wildman–Crippen MR) is 54.5 cm³/mol. The van der Waals surface area contributed by atoms with Crippen LogP contribution in [-0.4, -0.2) is 67.8 Å². The van der Waals surface area contributed by atoms with Crippen molar-refractivity contribution in [1.82, 2.24) is 0 Å². The molecule has 0 amide bonds. The van der Waals surface area contributed by atoms with Crippen molar-refractivity contribution in [3.8, 4) is 0 Å². The van der Waals surface area contributed by atoms with Crippen LogP contribution in [0.25, 0.3) is 0 Å². The van der Waals surface area contributed by atoms with E-state index in [-0.39, 0.29) is 13.0 Å². The molecule has 1 fully saturated rings. The molecule has 1 saturated carbocycles. The zero-order valence-corrected chi connectivity index (χ0v) is 8.98. The summed E-state index contributed by atoms with van der Waals surface area (Å²) < 4.78 is 0. The monoisotopic (exact) mass is 236 g/mol. The smallest absolute Gasteiger partial charge is 0.111 e. The van der Waals surface area contributed by atoms with Crippen molar-refractivity contribution in [2.75, 3.05) is 6.61 Å². The summed E-state index contributed by atoms with van der Waals surface area (Å²) in [6, 6.07) is 0. The molecule has 16 heavy (non-hydrogen) atoms. The maximum Gasteiger partial charge on any atom is 0.111 e. The molecule has 0 spiro atoms. The van der Waals surface area contributed by atoms with Gasteiger partial charge in [-0.2, -0.15) is 0 Å². The number of hydrogen-bond donors (Lipinski definition) is 6. The van der Waals surface area contributed by atoms with Crippen LogP contribution in [-0.2, 0) is 0 Å². The number of aliphatic hydroxyl groups is 6. The van der Waals surface area contributed by atoms with Crippen LogP contribution in [0.2, 0.25) is 0 Å². The second-order valence-electron chi connectivity index (χ2n) is 4.40. The zero-order chi connectivity index (χ0) is 12.3. The summed E-state index contributed by atoms with van der Waals surface area (Å²) in [5.74, 6) is -0.554. The van der Waals surface area contributed by atoms with E-state index in [1.165, 1.54) is 0 Å². The van der Waals surface area contributed by atoms with Gasteiger partial charge < -0.3 is 30.6 Å². The van der Waals surface area contributed by atoms with E-state index < -0.39 is 36.4 Å². The van der Waals surface area contributed by atoms with Gasteiger partial charge in [-0.1, -0.05) is 6.42 Å². The molecule has 0 aromatic rings. The highest BCUT2D eigenvalue weighted by molar-refractivity contribution is 4.89. The minimum Gasteiger partial charge on any atom is -0.396 e. The molecule has 0 aromatic carbocycles. The van der Waals surface area contributed by atoms with Crippen LogP contribution in [0.15, 0.2) is 0 Å². The van der Waals surface area contributed by atoms with E-state index in [0.29, 0.717) is 12.8 Å². The van der Waals surface area contributed by atoms with Gasteiger partial charge in [0.15, 0.2) is 0 Å². The third-order valence-electron chi connectivity index (χ3n) is 3.24. The van der Waals surface area contributed by atoms with E-state index in [4.69, 9.17) is 5.11 Å². The Morgan fingerprint density at radius 3 is 1.88 bits per heavy atom. The lowest BCUT2D eigenvalue weighted by Crippen LogP contribution is -2.50. The van der Waals surface area contributed by atoms with Crippen LogP contribution in [0, 0.1) is 5.92 Å². The lowest BCUT2D eigenvalue weighted by atomic mass is 9.91. The van der Waals surface area contributed by atoms with Gasteiger partial charge in [0.2, 0.25) is 0 Å². The minimum atomic E-state index is -1.61.